The van der Waals surface area contributed by atoms with Gasteiger partial charge in [-0.05, 0) is 13.8 Å². The largest absolute Gasteiger partial charge is 0.480 e. The van der Waals surface area contributed by atoms with Crippen molar-refractivity contribution in [2.75, 3.05) is 33.4 Å². The Kier molecular flexibility index (Phi) is 7.50. The molecule has 0 fully saturated rings. The van der Waals surface area contributed by atoms with Crippen LogP contribution in [-0.4, -0.2) is 72.2 Å². The van der Waals surface area contributed by atoms with E-state index in [1.165, 1.54) is 12.0 Å². The molecule has 0 heterocycles. The van der Waals surface area contributed by atoms with Crippen molar-refractivity contribution in [2.24, 2.45) is 5.73 Å². The summed E-state index contributed by atoms with van der Waals surface area (Å²) in [6.07, 6.45) is 0. The predicted molar refractivity (Wildman–Crippen MR) is 67.5 cm³/mol. The number of nitrogens with zero attached hydrogens (tertiary/aromatic N) is 2. The lowest BCUT2D eigenvalue weighted by molar-refractivity contribution is -0.138. The van der Waals surface area contributed by atoms with E-state index in [9.17, 15) is 14.4 Å². The lowest BCUT2D eigenvalue weighted by Gasteiger charge is -2.32. The summed E-state index contributed by atoms with van der Waals surface area (Å²) in [5, 5.41) is 8.75. The number of carboxylic acid groups (broad SMARTS) is 1. The quantitative estimate of drug-likeness (QED) is 0.610. The third-order valence-corrected chi connectivity index (χ3v) is 2.47. The normalized spacial score (nSPS) is 11.7. The van der Waals surface area contributed by atoms with Gasteiger partial charge in [0.1, 0.15) is 13.1 Å². The van der Waals surface area contributed by atoms with E-state index in [2.05, 4.69) is 0 Å². The number of aliphatic carboxylic acids is 1. The molecule has 8 heteroatoms. The summed E-state index contributed by atoms with van der Waals surface area (Å²) in [5.74, 6) is -1.96. The van der Waals surface area contributed by atoms with Crippen LogP contribution in [0.5, 0.6) is 0 Å². The third-order valence-electron chi connectivity index (χ3n) is 2.47. The Balaban J connectivity index is 4.91. The third kappa shape index (κ3) is 6.05. The molecule has 0 aromatic rings. The van der Waals surface area contributed by atoms with E-state index >= 15 is 0 Å². The average Bonchev–Trinajstić information content (AvgIpc) is 2.28. The molecule has 0 aliphatic rings. The fourth-order valence-electron chi connectivity index (χ4n) is 1.69. The number of primary amides is 1. The Morgan fingerprint density at radius 3 is 2.26 bits per heavy atom. The van der Waals surface area contributed by atoms with Gasteiger partial charge in [0.05, 0.1) is 12.6 Å². The maximum Gasteiger partial charge on any atom is 0.323 e. The molecule has 1 unspecified atom stereocenters. The highest BCUT2D eigenvalue weighted by molar-refractivity contribution is 5.86. The first-order valence-corrected chi connectivity index (χ1v) is 5.88. The Hall–Kier alpha value is -1.83. The molecule has 19 heavy (non-hydrogen) atoms. The minimum Gasteiger partial charge on any atom is -0.480 e. The second-order valence-electron chi connectivity index (χ2n) is 4.09. The Morgan fingerprint density at radius 1 is 1.32 bits per heavy atom. The number of hydrogen-bond acceptors (Lipinski definition) is 4. The van der Waals surface area contributed by atoms with E-state index in [-0.39, 0.29) is 6.04 Å². The van der Waals surface area contributed by atoms with Crippen LogP contribution < -0.4 is 5.73 Å². The fraction of sp³-hybridized carbons (Fsp3) is 0.727. The van der Waals surface area contributed by atoms with E-state index in [0.717, 1.165) is 4.90 Å². The van der Waals surface area contributed by atoms with Gasteiger partial charge in [-0.1, -0.05) is 0 Å². The zero-order chi connectivity index (χ0) is 15.0. The molecule has 0 rings (SSSR count). The Labute approximate surface area is 112 Å². The molecule has 3 amide bonds. The van der Waals surface area contributed by atoms with E-state index in [0.29, 0.717) is 13.2 Å². The van der Waals surface area contributed by atoms with Gasteiger partial charge in [0.25, 0.3) is 0 Å². The van der Waals surface area contributed by atoms with Crippen molar-refractivity contribution in [3.63, 3.8) is 0 Å². The van der Waals surface area contributed by atoms with Crippen LogP contribution in [0.2, 0.25) is 0 Å². The molecular formula is C11H21N3O5. The number of hydrogen-bond donors (Lipinski definition) is 2. The summed E-state index contributed by atoms with van der Waals surface area (Å²) in [4.78, 5) is 36.1. The fourth-order valence-corrected chi connectivity index (χ4v) is 1.69. The number of carboxylic acids is 1. The van der Waals surface area contributed by atoms with Crippen molar-refractivity contribution in [3.05, 3.63) is 0 Å². The van der Waals surface area contributed by atoms with Crippen molar-refractivity contribution >= 4 is 17.9 Å². The number of urea groups is 1. The van der Waals surface area contributed by atoms with Crippen LogP contribution in [0.3, 0.4) is 0 Å². The second kappa shape index (κ2) is 8.30. The van der Waals surface area contributed by atoms with E-state index in [1.54, 1.807) is 13.8 Å². The van der Waals surface area contributed by atoms with Gasteiger partial charge in [-0.2, -0.15) is 0 Å². The van der Waals surface area contributed by atoms with Crippen molar-refractivity contribution in [2.45, 2.75) is 19.9 Å². The molecule has 0 aromatic carbocycles. The number of carbonyl (C=O) groups is 3. The molecule has 110 valence electrons. The number of nitrogens with two attached hydrogens (primary N) is 1. The standard InChI is InChI=1S/C11H21N3O5/c1-4-14(8(2)7-19-3)11(18)13(5-9(12)15)6-10(16)17/h8H,4-7H2,1-3H3,(H2,12,15)(H,16,17). The first-order valence-electron chi connectivity index (χ1n) is 5.88. The maximum atomic E-state index is 12.2. The highest BCUT2D eigenvalue weighted by Gasteiger charge is 2.26. The molecular weight excluding hydrogens is 254 g/mol. The number of amides is 3. The molecule has 8 nitrogen and oxygen atoms in total. The highest BCUT2D eigenvalue weighted by atomic mass is 16.5. The van der Waals surface area contributed by atoms with Crippen LogP contribution in [0.15, 0.2) is 0 Å². The van der Waals surface area contributed by atoms with Gasteiger partial charge in [-0.25, -0.2) is 4.79 Å². The van der Waals surface area contributed by atoms with Crippen LogP contribution in [0, 0.1) is 0 Å². The van der Waals surface area contributed by atoms with E-state index < -0.39 is 31.0 Å². The van der Waals surface area contributed by atoms with E-state index in [1.807, 2.05) is 0 Å². The molecule has 0 saturated heterocycles. The summed E-state index contributed by atoms with van der Waals surface area (Å²) < 4.78 is 4.96. The van der Waals surface area contributed by atoms with Crippen LogP contribution >= 0.6 is 0 Å². The summed E-state index contributed by atoms with van der Waals surface area (Å²) in [5.41, 5.74) is 5.01. The smallest absolute Gasteiger partial charge is 0.323 e. The van der Waals surface area contributed by atoms with Crippen molar-refractivity contribution in [3.8, 4) is 0 Å². The predicted octanol–water partition coefficient (Wildman–Crippen LogP) is -0.665. The van der Waals surface area contributed by atoms with Crippen molar-refractivity contribution in [1.82, 2.24) is 9.80 Å². The average molecular weight is 275 g/mol. The van der Waals surface area contributed by atoms with E-state index in [4.69, 9.17) is 15.6 Å². The van der Waals surface area contributed by atoms with Gasteiger partial charge in [-0.3, -0.25) is 9.59 Å². The van der Waals surface area contributed by atoms with Gasteiger partial charge in [0.15, 0.2) is 0 Å². The number of likely N-dealkylation sites (N-methyl/N-ethyl adjacent to an activating group) is 1. The van der Waals surface area contributed by atoms with Crippen LogP contribution in [-0.2, 0) is 14.3 Å². The molecule has 3 N–H and O–H groups in total. The summed E-state index contributed by atoms with van der Waals surface area (Å²) in [6, 6.07) is -0.778. The topological polar surface area (TPSA) is 113 Å². The maximum absolute atomic E-state index is 12.2. The SMILES string of the molecule is CCN(C(=O)N(CC(N)=O)CC(=O)O)C(C)COC. The lowest BCUT2D eigenvalue weighted by atomic mass is 10.3. The van der Waals surface area contributed by atoms with Gasteiger partial charge in [0, 0.05) is 13.7 Å². The molecule has 0 aliphatic carbocycles. The molecule has 0 bridgehead atoms. The van der Waals surface area contributed by atoms with Gasteiger partial charge in [0.2, 0.25) is 5.91 Å². The minimum atomic E-state index is -1.20. The molecule has 0 radical (unpaired) electrons. The number of rotatable bonds is 8. The number of carbonyl (C=O) groups excluding carboxylic acids is 2. The number of methoxy groups -OCH3 is 1. The Morgan fingerprint density at radius 2 is 1.89 bits per heavy atom. The second-order valence-corrected chi connectivity index (χ2v) is 4.09. The molecule has 0 spiro atoms. The zero-order valence-electron chi connectivity index (χ0n) is 11.5. The van der Waals surface area contributed by atoms with Crippen molar-refractivity contribution < 1.29 is 24.2 Å². The minimum absolute atomic E-state index is 0.230. The summed E-state index contributed by atoms with van der Waals surface area (Å²) >= 11 is 0. The highest BCUT2D eigenvalue weighted by Crippen LogP contribution is 2.05. The summed E-state index contributed by atoms with van der Waals surface area (Å²) in [7, 11) is 1.51. The molecule has 0 aromatic heterocycles. The van der Waals surface area contributed by atoms with Crippen LogP contribution in [0.25, 0.3) is 0 Å². The number of ether oxygens (including phenoxy) is 1. The molecule has 0 aliphatic heterocycles. The monoisotopic (exact) mass is 275 g/mol. The summed E-state index contributed by atoms with van der Waals surface area (Å²) in [6.45, 7) is 3.22. The van der Waals surface area contributed by atoms with Gasteiger partial charge < -0.3 is 25.4 Å². The van der Waals surface area contributed by atoms with Crippen LogP contribution in [0.1, 0.15) is 13.8 Å². The van der Waals surface area contributed by atoms with Crippen molar-refractivity contribution in [1.29, 1.82) is 0 Å². The van der Waals surface area contributed by atoms with Crippen LogP contribution in [0.4, 0.5) is 4.79 Å². The Bertz CT molecular complexity index is 318. The zero-order valence-corrected chi connectivity index (χ0v) is 11.5. The van der Waals surface area contributed by atoms with Gasteiger partial charge in [-0.15, -0.1) is 0 Å². The molecule has 0 saturated carbocycles. The first-order chi connectivity index (χ1) is 8.83. The first kappa shape index (κ1) is 17.2. The van der Waals surface area contributed by atoms with Gasteiger partial charge >= 0.3 is 12.0 Å². The molecule has 1 atom stereocenters. The lowest BCUT2D eigenvalue weighted by Crippen LogP contribution is -2.52.